The SMILES string of the molecule is COc1ccc(NC(=O)N2CCCN(C[C@@H]3CCCO3)CC2)cc1. The lowest BCUT2D eigenvalue weighted by Crippen LogP contribution is -2.39. The minimum atomic E-state index is -0.0286. The number of hydrogen-bond donors (Lipinski definition) is 1. The van der Waals surface area contributed by atoms with Crippen LogP contribution in [0.15, 0.2) is 24.3 Å². The third-order valence-electron chi connectivity index (χ3n) is 4.70. The van der Waals surface area contributed by atoms with Gasteiger partial charge in [0.25, 0.3) is 0 Å². The first-order valence-corrected chi connectivity index (χ1v) is 8.78. The Balaban J connectivity index is 1.48. The second kappa shape index (κ2) is 8.35. The fourth-order valence-electron chi connectivity index (χ4n) is 3.31. The third-order valence-corrected chi connectivity index (χ3v) is 4.70. The zero-order chi connectivity index (χ0) is 16.8. The van der Waals surface area contributed by atoms with Gasteiger partial charge < -0.3 is 19.7 Å². The summed E-state index contributed by atoms with van der Waals surface area (Å²) in [4.78, 5) is 16.8. The Morgan fingerprint density at radius 3 is 2.75 bits per heavy atom. The number of rotatable bonds is 4. The molecule has 2 amide bonds. The Morgan fingerprint density at radius 2 is 2.04 bits per heavy atom. The summed E-state index contributed by atoms with van der Waals surface area (Å²) < 4.78 is 10.9. The number of carbonyl (C=O) groups is 1. The van der Waals surface area contributed by atoms with E-state index in [1.54, 1.807) is 7.11 Å². The van der Waals surface area contributed by atoms with E-state index in [9.17, 15) is 4.79 Å². The molecule has 0 aromatic heterocycles. The van der Waals surface area contributed by atoms with Gasteiger partial charge in [-0.25, -0.2) is 4.79 Å². The second-order valence-electron chi connectivity index (χ2n) is 6.43. The van der Waals surface area contributed by atoms with Crippen molar-refractivity contribution in [2.75, 3.05) is 51.8 Å². The molecule has 2 saturated heterocycles. The van der Waals surface area contributed by atoms with E-state index in [0.29, 0.717) is 6.10 Å². The van der Waals surface area contributed by atoms with Gasteiger partial charge in [0.2, 0.25) is 0 Å². The van der Waals surface area contributed by atoms with Crippen LogP contribution < -0.4 is 10.1 Å². The van der Waals surface area contributed by atoms with Gasteiger partial charge in [-0.15, -0.1) is 0 Å². The van der Waals surface area contributed by atoms with Gasteiger partial charge in [-0.1, -0.05) is 0 Å². The lowest BCUT2D eigenvalue weighted by atomic mass is 10.2. The number of carbonyl (C=O) groups excluding carboxylic acids is 1. The second-order valence-corrected chi connectivity index (χ2v) is 6.43. The number of nitrogens with one attached hydrogen (secondary N) is 1. The van der Waals surface area contributed by atoms with Crippen LogP contribution in [0.25, 0.3) is 0 Å². The van der Waals surface area contributed by atoms with Crippen molar-refractivity contribution in [1.82, 2.24) is 9.80 Å². The molecule has 0 spiro atoms. The highest BCUT2D eigenvalue weighted by Crippen LogP contribution is 2.17. The number of benzene rings is 1. The summed E-state index contributed by atoms with van der Waals surface area (Å²) in [7, 11) is 1.63. The Kier molecular flexibility index (Phi) is 5.93. The van der Waals surface area contributed by atoms with E-state index in [1.807, 2.05) is 29.2 Å². The molecule has 1 N–H and O–H groups in total. The van der Waals surface area contributed by atoms with Gasteiger partial charge in [-0.2, -0.15) is 0 Å². The molecule has 0 saturated carbocycles. The van der Waals surface area contributed by atoms with Gasteiger partial charge >= 0.3 is 6.03 Å². The lowest BCUT2D eigenvalue weighted by molar-refractivity contribution is 0.0747. The highest BCUT2D eigenvalue weighted by molar-refractivity contribution is 5.89. The van der Waals surface area contributed by atoms with Crippen molar-refractivity contribution in [2.24, 2.45) is 0 Å². The maximum Gasteiger partial charge on any atom is 0.321 e. The van der Waals surface area contributed by atoms with E-state index in [2.05, 4.69) is 10.2 Å². The van der Waals surface area contributed by atoms with Crippen LogP contribution >= 0.6 is 0 Å². The molecule has 24 heavy (non-hydrogen) atoms. The van der Waals surface area contributed by atoms with Crippen molar-refractivity contribution >= 4 is 11.7 Å². The van der Waals surface area contributed by atoms with Crippen LogP contribution in [0, 0.1) is 0 Å². The minimum Gasteiger partial charge on any atom is -0.497 e. The van der Waals surface area contributed by atoms with Crippen molar-refractivity contribution in [1.29, 1.82) is 0 Å². The molecule has 132 valence electrons. The van der Waals surface area contributed by atoms with Crippen LogP contribution in [-0.2, 0) is 4.74 Å². The number of ether oxygens (including phenoxy) is 2. The van der Waals surface area contributed by atoms with Crippen LogP contribution in [0.2, 0.25) is 0 Å². The van der Waals surface area contributed by atoms with E-state index in [1.165, 1.54) is 6.42 Å². The van der Waals surface area contributed by atoms with E-state index in [-0.39, 0.29) is 6.03 Å². The third kappa shape index (κ3) is 4.61. The van der Waals surface area contributed by atoms with Crippen molar-refractivity contribution in [3.05, 3.63) is 24.3 Å². The molecule has 6 heteroatoms. The first-order chi connectivity index (χ1) is 11.7. The molecular formula is C18H27N3O3. The molecule has 0 unspecified atom stereocenters. The van der Waals surface area contributed by atoms with Gasteiger partial charge in [0, 0.05) is 38.5 Å². The largest absolute Gasteiger partial charge is 0.497 e. The van der Waals surface area contributed by atoms with Gasteiger partial charge in [0.1, 0.15) is 5.75 Å². The molecule has 1 aromatic rings. The normalized spacial score (nSPS) is 22.2. The summed E-state index contributed by atoms with van der Waals surface area (Å²) >= 11 is 0. The summed E-state index contributed by atoms with van der Waals surface area (Å²) in [6, 6.07) is 7.39. The summed E-state index contributed by atoms with van der Waals surface area (Å²) in [6.07, 6.45) is 3.72. The smallest absolute Gasteiger partial charge is 0.321 e. The first kappa shape index (κ1) is 17.0. The van der Waals surface area contributed by atoms with Crippen molar-refractivity contribution < 1.29 is 14.3 Å². The summed E-state index contributed by atoms with van der Waals surface area (Å²) in [6.45, 7) is 5.39. The molecule has 3 rings (SSSR count). The van der Waals surface area contributed by atoms with Crippen LogP contribution in [0.4, 0.5) is 10.5 Å². The van der Waals surface area contributed by atoms with Crippen LogP contribution in [0.5, 0.6) is 5.75 Å². The van der Waals surface area contributed by atoms with E-state index in [4.69, 9.17) is 9.47 Å². The lowest BCUT2D eigenvalue weighted by Gasteiger charge is -2.24. The molecule has 2 aliphatic rings. The van der Waals surface area contributed by atoms with Gasteiger partial charge in [0.05, 0.1) is 13.2 Å². The molecule has 0 radical (unpaired) electrons. The van der Waals surface area contributed by atoms with E-state index < -0.39 is 0 Å². The zero-order valence-electron chi connectivity index (χ0n) is 14.4. The number of amides is 2. The van der Waals surface area contributed by atoms with Crippen LogP contribution in [0.1, 0.15) is 19.3 Å². The molecule has 1 aromatic carbocycles. The first-order valence-electron chi connectivity index (χ1n) is 8.78. The van der Waals surface area contributed by atoms with Gasteiger partial charge in [0.15, 0.2) is 0 Å². The maximum atomic E-state index is 12.5. The molecular weight excluding hydrogens is 306 g/mol. The molecule has 0 bridgehead atoms. The summed E-state index contributed by atoms with van der Waals surface area (Å²) in [5.74, 6) is 0.785. The predicted molar refractivity (Wildman–Crippen MR) is 93.6 cm³/mol. The summed E-state index contributed by atoms with van der Waals surface area (Å²) in [5, 5.41) is 2.97. The Morgan fingerprint density at radius 1 is 1.21 bits per heavy atom. The monoisotopic (exact) mass is 333 g/mol. The average Bonchev–Trinajstić information content (AvgIpc) is 2.99. The number of anilines is 1. The fourth-order valence-corrected chi connectivity index (χ4v) is 3.31. The molecule has 0 aliphatic carbocycles. The Hall–Kier alpha value is -1.79. The fraction of sp³-hybridized carbons (Fsp3) is 0.611. The molecule has 2 fully saturated rings. The number of hydrogen-bond acceptors (Lipinski definition) is 4. The minimum absolute atomic E-state index is 0.0286. The van der Waals surface area contributed by atoms with E-state index >= 15 is 0 Å². The van der Waals surface area contributed by atoms with Crippen LogP contribution in [0.3, 0.4) is 0 Å². The highest BCUT2D eigenvalue weighted by atomic mass is 16.5. The topological polar surface area (TPSA) is 54.0 Å². The van der Waals surface area contributed by atoms with Gasteiger partial charge in [-0.3, -0.25) is 4.90 Å². The Bertz CT molecular complexity index is 529. The number of methoxy groups -OCH3 is 1. The van der Waals surface area contributed by atoms with Crippen molar-refractivity contribution in [3.63, 3.8) is 0 Å². The molecule has 2 heterocycles. The zero-order valence-corrected chi connectivity index (χ0v) is 14.4. The average molecular weight is 333 g/mol. The molecule has 6 nitrogen and oxygen atoms in total. The highest BCUT2D eigenvalue weighted by Gasteiger charge is 2.23. The molecule has 1 atom stereocenters. The van der Waals surface area contributed by atoms with E-state index in [0.717, 1.165) is 63.6 Å². The Labute approximate surface area is 143 Å². The van der Waals surface area contributed by atoms with Crippen molar-refractivity contribution in [2.45, 2.75) is 25.4 Å². The standard InChI is InChI=1S/C18H27N3O3/c1-23-16-7-5-15(6-8-16)19-18(22)21-10-3-9-20(11-12-21)14-17-4-2-13-24-17/h5-8,17H,2-4,9-14H2,1H3,(H,19,22)/t17-/m0/s1. The summed E-state index contributed by atoms with van der Waals surface area (Å²) in [5.41, 5.74) is 0.793. The van der Waals surface area contributed by atoms with Crippen LogP contribution in [-0.4, -0.2) is 68.4 Å². The molecule has 2 aliphatic heterocycles. The van der Waals surface area contributed by atoms with Crippen molar-refractivity contribution in [3.8, 4) is 5.75 Å². The number of nitrogens with zero attached hydrogens (tertiary/aromatic N) is 2. The number of urea groups is 1. The van der Waals surface area contributed by atoms with Gasteiger partial charge in [-0.05, 0) is 50.1 Å². The quantitative estimate of drug-likeness (QED) is 0.919. The predicted octanol–water partition coefficient (Wildman–Crippen LogP) is 2.41. The maximum absolute atomic E-state index is 12.5.